The number of hydrogen-bond acceptors (Lipinski definition) is 1. The van der Waals surface area contributed by atoms with Gasteiger partial charge in [0.25, 0.3) is 5.91 Å². The fourth-order valence-electron chi connectivity index (χ4n) is 1.63. The number of carbonyl (C=O) groups is 1. The van der Waals surface area contributed by atoms with Crippen LogP contribution in [0.25, 0.3) is 0 Å². The van der Waals surface area contributed by atoms with Gasteiger partial charge in [-0.15, -0.1) is 0 Å². The van der Waals surface area contributed by atoms with E-state index in [1.54, 1.807) is 18.2 Å². The Balaban J connectivity index is 2.28. The Morgan fingerprint density at radius 2 is 1.67 bits per heavy atom. The highest BCUT2D eigenvalue weighted by molar-refractivity contribution is 6.40. The van der Waals surface area contributed by atoms with E-state index in [0.29, 0.717) is 15.6 Å². The Hall–Kier alpha value is -1.51. The molecule has 1 N–H and O–H groups in total. The van der Waals surface area contributed by atoms with E-state index in [1.807, 2.05) is 31.2 Å². The van der Waals surface area contributed by atoms with E-state index >= 15 is 0 Å². The molecule has 92 valence electrons. The van der Waals surface area contributed by atoms with E-state index in [9.17, 15) is 4.79 Å². The highest BCUT2D eigenvalue weighted by atomic mass is 35.5. The van der Waals surface area contributed by atoms with Crippen LogP contribution in [0.5, 0.6) is 0 Å². The second-order valence-corrected chi connectivity index (χ2v) is 4.73. The van der Waals surface area contributed by atoms with Crippen LogP contribution in [0.4, 0.5) is 5.69 Å². The van der Waals surface area contributed by atoms with Crippen molar-refractivity contribution in [1.29, 1.82) is 0 Å². The molecule has 0 atom stereocenters. The van der Waals surface area contributed by atoms with Gasteiger partial charge in [-0.3, -0.25) is 4.79 Å². The minimum Gasteiger partial charge on any atom is -0.322 e. The third kappa shape index (κ3) is 2.84. The van der Waals surface area contributed by atoms with Crippen LogP contribution in [0.1, 0.15) is 15.9 Å². The van der Waals surface area contributed by atoms with Crippen LogP contribution in [0.15, 0.2) is 42.5 Å². The zero-order valence-electron chi connectivity index (χ0n) is 9.71. The fourth-order valence-corrected chi connectivity index (χ4v) is 2.20. The Labute approximate surface area is 116 Å². The van der Waals surface area contributed by atoms with E-state index in [2.05, 4.69) is 5.32 Å². The van der Waals surface area contributed by atoms with Crippen LogP contribution >= 0.6 is 23.2 Å². The lowest BCUT2D eigenvalue weighted by atomic mass is 10.2. The maximum absolute atomic E-state index is 12.1. The van der Waals surface area contributed by atoms with Crippen molar-refractivity contribution in [3.05, 3.63) is 63.6 Å². The molecule has 0 aliphatic carbocycles. The van der Waals surface area contributed by atoms with Crippen molar-refractivity contribution in [3.63, 3.8) is 0 Å². The summed E-state index contributed by atoms with van der Waals surface area (Å²) in [5.74, 6) is -0.309. The van der Waals surface area contributed by atoms with Crippen molar-refractivity contribution in [2.75, 3.05) is 5.32 Å². The summed E-state index contributed by atoms with van der Waals surface area (Å²) in [6.45, 7) is 1.96. The number of hydrogen-bond donors (Lipinski definition) is 1. The molecule has 0 bridgehead atoms. The number of carbonyl (C=O) groups excluding carboxylic acids is 1. The summed E-state index contributed by atoms with van der Waals surface area (Å²) in [6.07, 6.45) is 0. The number of aryl methyl sites for hydroxylation is 1. The number of rotatable bonds is 2. The molecule has 2 aromatic rings. The number of halogens is 2. The average Bonchev–Trinajstić information content (AvgIpc) is 2.28. The van der Waals surface area contributed by atoms with Crippen LogP contribution in [0.2, 0.25) is 10.0 Å². The molecule has 2 aromatic carbocycles. The molecule has 0 unspecified atom stereocenters. The third-order valence-corrected chi connectivity index (χ3v) is 3.10. The molecule has 18 heavy (non-hydrogen) atoms. The molecule has 0 aliphatic heterocycles. The van der Waals surface area contributed by atoms with Crippen molar-refractivity contribution in [1.82, 2.24) is 0 Å². The van der Waals surface area contributed by atoms with Crippen LogP contribution in [-0.2, 0) is 0 Å². The van der Waals surface area contributed by atoms with Gasteiger partial charge in [-0.2, -0.15) is 0 Å². The molecule has 2 rings (SSSR count). The van der Waals surface area contributed by atoms with E-state index < -0.39 is 0 Å². The zero-order valence-corrected chi connectivity index (χ0v) is 11.2. The van der Waals surface area contributed by atoms with Gasteiger partial charge in [0.1, 0.15) is 0 Å². The lowest BCUT2D eigenvalue weighted by molar-refractivity contribution is 0.102. The van der Waals surface area contributed by atoms with Gasteiger partial charge in [0.2, 0.25) is 0 Å². The minimum atomic E-state index is -0.309. The molecule has 0 saturated heterocycles. The van der Waals surface area contributed by atoms with Crippen molar-refractivity contribution >= 4 is 34.8 Å². The van der Waals surface area contributed by atoms with Crippen LogP contribution in [0, 0.1) is 6.92 Å². The van der Waals surface area contributed by atoms with Crippen LogP contribution < -0.4 is 5.32 Å². The summed E-state index contributed by atoms with van der Waals surface area (Å²) >= 11 is 12.0. The van der Waals surface area contributed by atoms with Gasteiger partial charge in [-0.1, -0.05) is 41.4 Å². The smallest absolute Gasteiger partial charge is 0.258 e. The van der Waals surface area contributed by atoms with Gasteiger partial charge in [0, 0.05) is 5.69 Å². The van der Waals surface area contributed by atoms with E-state index in [0.717, 1.165) is 11.3 Å². The summed E-state index contributed by atoms with van der Waals surface area (Å²) in [5, 5.41) is 3.45. The van der Waals surface area contributed by atoms with Crippen molar-refractivity contribution in [2.24, 2.45) is 0 Å². The molecule has 0 aromatic heterocycles. The first-order valence-electron chi connectivity index (χ1n) is 5.40. The molecule has 0 aliphatic rings. The van der Waals surface area contributed by atoms with Gasteiger partial charge >= 0.3 is 0 Å². The third-order valence-electron chi connectivity index (χ3n) is 2.47. The lowest BCUT2D eigenvalue weighted by Crippen LogP contribution is -2.13. The minimum absolute atomic E-state index is 0.294. The molecule has 1 amide bonds. The monoisotopic (exact) mass is 279 g/mol. The summed E-state index contributed by atoms with van der Waals surface area (Å²) in [5.41, 5.74) is 2.08. The van der Waals surface area contributed by atoms with Gasteiger partial charge < -0.3 is 5.32 Å². The average molecular weight is 280 g/mol. The Morgan fingerprint density at radius 1 is 1.06 bits per heavy atom. The number of nitrogens with one attached hydrogen (secondary N) is 1. The van der Waals surface area contributed by atoms with Crippen molar-refractivity contribution in [3.8, 4) is 0 Å². The maximum Gasteiger partial charge on any atom is 0.258 e. The summed E-state index contributed by atoms with van der Waals surface area (Å²) in [6, 6.07) is 12.5. The van der Waals surface area contributed by atoms with Gasteiger partial charge in [-0.25, -0.2) is 0 Å². The first-order chi connectivity index (χ1) is 8.58. The molecular formula is C14H11Cl2NO. The molecule has 0 spiro atoms. The number of benzene rings is 2. The Kier molecular flexibility index (Phi) is 3.90. The number of anilines is 1. The predicted molar refractivity (Wildman–Crippen MR) is 75.6 cm³/mol. The zero-order chi connectivity index (χ0) is 13.1. The second kappa shape index (κ2) is 5.42. The van der Waals surface area contributed by atoms with Gasteiger partial charge in [0.15, 0.2) is 0 Å². The first-order valence-corrected chi connectivity index (χ1v) is 6.15. The molecule has 0 heterocycles. The second-order valence-electron chi connectivity index (χ2n) is 3.92. The summed E-state index contributed by atoms with van der Waals surface area (Å²) in [4.78, 5) is 12.1. The Morgan fingerprint density at radius 3 is 2.28 bits per heavy atom. The van der Waals surface area contributed by atoms with E-state index in [-0.39, 0.29) is 5.91 Å². The molecule has 0 fully saturated rings. The van der Waals surface area contributed by atoms with Crippen LogP contribution in [-0.4, -0.2) is 5.91 Å². The SMILES string of the molecule is Cc1cccc(NC(=O)c2c(Cl)cccc2Cl)c1. The van der Waals surface area contributed by atoms with Crippen LogP contribution in [0.3, 0.4) is 0 Å². The fraction of sp³-hybridized carbons (Fsp3) is 0.0714. The highest BCUT2D eigenvalue weighted by Gasteiger charge is 2.14. The van der Waals surface area contributed by atoms with E-state index in [1.165, 1.54) is 0 Å². The first kappa shape index (κ1) is 12.9. The Bertz CT molecular complexity index is 576. The van der Waals surface area contributed by atoms with Gasteiger partial charge in [0.05, 0.1) is 15.6 Å². The molecule has 0 saturated carbocycles. The molecule has 2 nitrogen and oxygen atoms in total. The predicted octanol–water partition coefficient (Wildman–Crippen LogP) is 4.55. The summed E-state index contributed by atoms with van der Waals surface area (Å²) in [7, 11) is 0. The topological polar surface area (TPSA) is 29.1 Å². The molecule has 4 heteroatoms. The van der Waals surface area contributed by atoms with Gasteiger partial charge in [-0.05, 0) is 36.8 Å². The molecule has 0 radical (unpaired) electrons. The maximum atomic E-state index is 12.1. The quantitative estimate of drug-likeness (QED) is 0.858. The standard InChI is InChI=1S/C14H11Cl2NO/c1-9-4-2-5-10(8-9)17-14(18)13-11(15)6-3-7-12(13)16/h2-8H,1H3,(H,17,18). The van der Waals surface area contributed by atoms with Crippen molar-refractivity contribution in [2.45, 2.75) is 6.92 Å². The highest BCUT2D eigenvalue weighted by Crippen LogP contribution is 2.25. The lowest BCUT2D eigenvalue weighted by Gasteiger charge is -2.08. The largest absolute Gasteiger partial charge is 0.322 e. The summed E-state index contributed by atoms with van der Waals surface area (Å²) < 4.78 is 0. The van der Waals surface area contributed by atoms with E-state index in [4.69, 9.17) is 23.2 Å². The van der Waals surface area contributed by atoms with Crippen molar-refractivity contribution < 1.29 is 4.79 Å². The number of amides is 1. The molecular weight excluding hydrogens is 269 g/mol. The normalized spacial score (nSPS) is 10.2.